The van der Waals surface area contributed by atoms with E-state index in [0.717, 1.165) is 31.4 Å². The summed E-state index contributed by atoms with van der Waals surface area (Å²) in [6.07, 6.45) is 3.68. The molecule has 0 saturated heterocycles. The highest BCUT2D eigenvalue weighted by atomic mass is 16.5. The largest absolute Gasteiger partial charge is 0.497 e. The number of methoxy groups -OCH3 is 1. The van der Waals surface area contributed by atoms with Crippen molar-refractivity contribution < 1.29 is 9.53 Å². The molecule has 21 heavy (non-hydrogen) atoms. The molecule has 1 aromatic rings. The molecule has 116 valence electrons. The van der Waals surface area contributed by atoms with Crippen LogP contribution in [0.1, 0.15) is 45.1 Å². The van der Waals surface area contributed by atoms with Gasteiger partial charge in [-0.2, -0.15) is 0 Å². The second-order valence-electron chi connectivity index (χ2n) is 6.66. The van der Waals surface area contributed by atoms with Crippen molar-refractivity contribution in [2.24, 2.45) is 5.73 Å². The van der Waals surface area contributed by atoms with E-state index in [0.29, 0.717) is 6.54 Å². The fraction of sp³-hybridized carbons (Fsp3) is 0.588. The number of carbonyl (C=O) groups excluding carboxylic acids is 1. The first-order valence-electron chi connectivity index (χ1n) is 7.59. The number of nitrogens with one attached hydrogen (secondary N) is 1. The molecule has 1 aromatic carbocycles. The number of rotatable bonds is 5. The standard InChI is InChI=1S/C17H26N2O2/c1-16(2,13-6-8-14(21-3)9-7-13)12-19-15(20)17(18)10-4-5-11-17/h6-9H,4-5,10-12,18H2,1-3H3,(H,19,20). The average Bonchev–Trinajstić information content (AvgIpc) is 2.93. The Balaban J connectivity index is 1.98. The maximum Gasteiger partial charge on any atom is 0.240 e. The molecule has 1 aliphatic rings. The van der Waals surface area contributed by atoms with Crippen molar-refractivity contribution in [3.8, 4) is 5.75 Å². The molecule has 4 heteroatoms. The molecule has 0 heterocycles. The van der Waals surface area contributed by atoms with Gasteiger partial charge >= 0.3 is 0 Å². The third-order valence-corrected chi connectivity index (χ3v) is 4.51. The number of benzene rings is 1. The van der Waals surface area contributed by atoms with Gasteiger partial charge in [-0.25, -0.2) is 0 Å². The summed E-state index contributed by atoms with van der Waals surface area (Å²) in [7, 11) is 1.66. The van der Waals surface area contributed by atoms with Crippen LogP contribution in [-0.2, 0) is 10.2 Å². The van der Waals surface area contributed by atoms with Crippen molar-refractivity contribution in [1.82, 2.24) is 5.32 Å². The molecule has 0 aliphatic heterocycles. The van der Waals surface area contributed by atoms with Crippen molar-refractivity contribution >= 4 is 5.91 Å². The molecular formula is C17H26N2O2. The quantitative estimate of drug-likeness (QED) is 0.875. The lowest BCUT2D eigenvalue weighted by atomic mass is 9.84. The van der Waals surface area contributed by atoms with Gasteiger partial charge in [0.05, 0.1) is 12.6 Å². The van der Waals surface area contributed by atoms with Crippen LogP contribution >= 0.6 is 0 Å². The van der Waals surface area contributed by atoms with E-state index in [1.54, 1.807) is 7.11 Å². The molecule has 1 saturated carbocycles. The van der Waals surface area contributed by atoms with Crippen LogP contribution in [0, 0.1) is 0 Å². The van der Waals surface area contributed by atoms with Crippen LogP contribution in [0.25, 0.3) is 0 Å². The number of ether oxygens (including phenoxy) is 1. The molecule has 1 fully saturated rings. The predicted molar refractivity (Wildman–Crippen MR) is 84.4 cm³/mol. The third-order valence-electron chi connectivity index (χ3n) is 4.51. The molecule has 0 spiro atoms. The van der Waals surface area contributed by atoms with E-state index in [-0.39, 0.29) is 11.3 Å². The molecule has 4 nitrogen and oxygen atoms in total. The van der Waals surface area contributed by atoms with Crippen LogP contribution in [0.4, 0.5) is 0 Å². The van der Waals surface area contributed by atoms with Crippen LogP contribution in [0.15, 0.2) is 24.3 Å². The van der Waals surface area contributed by atoms with Crippen molar-refractivity contribution in [3.05, 3.63) is 29.8 Å². The van der Waals surface area contributed by atoms with Gasteiger partial charge in [0.1, 0.15) is 5.75 Å². The second kappa shape index (κ2) is 6.06. The Morgan fingerprint density at radius 2 is 1.86 bits per heavy atom. The summed E-state index contributed by atoms with van der Waals surface area (Å²) < 4.78 is 5.17. The van der Waals surface area contributed by atoms with Gasteiger partial charge in [0.25, 0.3) is 0 Å². The zero-order valence-corrected chi connectivity index (χ0v) is 13.2. The SMILES string of the molecule is COc1ccc(C(C)(C)CNC(=O)C2(N)CCCC2)cc1. The van der Waals surface area contributed by atoms with E-state index in [1.165, 1.54) is 5.56 Å². The lowest BCUT2D eigenvalue weighted by Gasteiger charge is -2.29. The fourth-order valence-corrected chi connectivity index (χ4v) is 2.85. The Kier molecular flexibility index (Phi) is 4.57. The maximum atomic E-state index is 12.3. The van der Waals surface area contributed by atoms with Gasteiger partial charge < -0.3 is 15.8 Å². The highest BCUT2D eigenvalue weighted by Gasteiger charge is 2.37. The summed E-state index contributed by atoms with van der Waals surface area (Å²) in [6.45, 7) is 4.82. The normalized spacial score (nSPS) is 17.5. The smallest absolute Gasteiger partial charge is 0.240 e. The Morgan fingerprint density at radius 3 is 2.38 bits per heavy atom. The van der Waals surface area contributed by atoms with E-state index in [4.69, 9.17) is 10.5 Å². The lowest BCUT2D eigenvalue weighted by Crippen LogP contribution is -2.53. The van der Waals surface area contributed by atoms with Crippen LogP contribution in [0.2, 0.25) is 0 Å². The van der Waals surface area contributed by atoms with Gasteiger partial charge in [-0.15, -0.1) is 0 Å². The zero-order chi connectivity index (χ0) is 15.5. The highest BCUT2D eigenvalue weighted by molar-refractivity contribution is 5.86. The predicted octanol–water partition coefficient (Wildman–Crippen LogP) is 2.36. The van der Waals surface area contributed by atoms with Crippen molar-refractivity contribution in [3.63, 3.8) is 0 Å². The summed E-state index contributed by atoms with van der Waals surface area (Å²) >= 11 is 0. The number of hydrogen-bond acceptors (Lipinski definition) is 3. The minimum atomic E-state index is -0.657. The van der Waals surface area contributed by atoms with Gasteiger partial charge in [-0.3, -0.25) is 4.79 Å². The molecule has 1 aliphatic carbocycles. The third kappa shape index (κ3) is 3.56. The van der Waals surface area contributed by atoms with Crippen molar-refractivity contribution in [2.75, 3.05) is 13.7 Å². The number of hydrogen-bond donors (Lipinski definition) is 2. The van der Waals surface area contributed by atoms with Gasteiger partial charge in [0.15, 0.2) is 0 Å². The summed E-state index contributed by atoms with van der Waals surface area (Å²) in [5, 5.41) is 3.04. The summed E-state index contributed by atoms with van der Waals surface area (Å²) in [4.78, 5) is 12.3. The van der Waals surface area contributed by atoms with Gasteiger partial charge in [0.2, 0.25) is 5.91 Å². The second-order valence-corrected chi connectivity index (χ2v) is 6.66. The fourth-order valence-electron chi connectivity index (χ4n) is 2.85. The monoisotopic (exact) mass is 290 g/mol. The van der Waals surface area contributed by atoms with E-state index in [2.05, 4.69) is 19.2 Å². The zero-order valence-electron chi connectivity index (χ0n) is 13.2. The molecule has 2 rings (SSSR count). The number of nitrogens with two attached hydrogens (primary N) is 1. The molecule has 1 amide bonds. The molecule has 0 bridgehead atoms. The minimum absolute atomic E-state index is 0.0124. The van der Waals surface area contributed by atoms with E-state index >= 15 is 0 Å². The van der Waals surface area contributed by atoms with Crippen LogP contribution in [-0.4, -0.2) is 25.1 Å². The van der Waals surface area contributed by atoms with Gasteiger partial charge in [-0.05, 0) is 30.5 Å². The molecular weight excluding hydrogens is 264 g/mol. The van der Waals surface area contributed by atoms with Crippen LogP contribution in [0.5, 0.6) is 5.75 Å². The summed E-state index contributed by atoms with van der Waals surface area (Å²) in [6, 6.07) is 7.97. The Hall–Kier alpha value is -1.55. The molecule has 0 unspecified atom stereocenters. The van der Waals surface area contributed by atoms with Gasteiger partial charge in [0, 0.05) is 12.0 Å². The van der Waals surface area contributed by atoms with Crippen LogP contribution in [0.3, 0.4) is 0 Å². The number of carbonyl (C=O) groups is 1. The van der Waals surface area contributed by atoms with Gasteiger partial charge in [-0.1, -0.05) is 38.8 Å². The van der Waals surface area contributed by atoms with E-state index in [9.17, 15) is 4.79 Å². The lowest BCUT2D eigenvalue weighted by molar-refractivity contribution is -0.126. The minimum Gasteiger partial charge on any atom is -0.497 e. The molecule has 0 atom stereocenters. The first-order valence-corrected chi connectivity index (χ1v) is 7.59. The Labute approximate surface area is 127 Å². The molecule has 0 aromatic heterocycles. The Bertz CT molecular complexity index is 488. The van der Waals surface area contributed by atoms with E-state index in [1.807, 2.05) is 24.3 Å². The number of amides is 1. The van der Waals surface area contributed by atoms with Crippen LogP contribution < -0.4 is 15.8 Å². The van der Waals surface area contributed by atoms with E-state index < -0.39 is 5.54 Å². The highest BCUT2D eigenvalue weighted by Crippen LogP contribution is 2.28. The van der Waals surface area contributed by atoms with Crippen molar-refractivity contribution in [2.45, 2.75) is 50.5 Å². The summed E-state index contributed by atoms with van der Waals surface area (Å²) in [5.41, 5.74) is 6.55. The topological polar surface area (TPSA) is 64.3 Å². The average molecular weight is 290 g/mol. The Morgan fingerprint density at radius 1 is 1.29 bits per heavy atom. The van der Waals surface area contributed by atoms with Crippen molar-refractivity contribution in [1.29, 1.82) is 0 Å². The maximum absolute atomic E-state index is 12.3. The first-order chi connectivity index (χ1) is 9.87. The first kappa shape index (κ1) is 15.8. The molecule has 3 N–H and O–H groups in total. The molecule has 0 radical (unpaired) electrons. The summed E-state index contributed by atoms with van der Waals surface area (Å²) in [5.74, 6) is 0.826.